The Balaban J connectivity index is 2.03. The molecular formula is C14H9NO4. The second-order valence-corrected chi connectivity index (χ2v) is 3.85. The summed E-state index contributed by atoms with van der Waals surface area (Å²) in [5, 5.41) is 0. The molecule has 0 spiro atoms. The molecule has 0 fully saturated rings. The van der Waals surface area contributed by atoms with Crippen molar-refractivity contribution in [2.24, 2.45) is 0 Å². The lowest BCUT2D eigenvalue weighted by Crippen LogP contribution is -2.26. The molecule has 0 aliphatic heterocycles. The molecule has 94 valence electrons. The smallest absolute Gasteiger partial charge is 0.410 e. The predicted octanol–water partition coefficient (Wildman–Crippen LogP) is 2.64. The van der Waals surface area contributed by atoms with Crippen LogP contribution >= 0.6 is 0 Å². The van der Waals surface area contributed by atoms with Gasteiger partial charge in [-0.05, 0) is 24.3 Å². The van der Waals surface area contributed by atoms with Crippen molar-refractivity contribution in [3.8, 4) is 5.75 Å². The van der Waals surface area contributed by atoms with E-state index in [2.05, 4.69) is 0 Å². The number of oxazole rings is 1. The fraction of sp³-hybridized carbons (Fsp3) is 0. The third-order valence-corrected chi connectivity index (χ3v) is 2.62. The first-order valence-corrected chi connectivity index (χ1v) is 5.63. The minimum absolute atomic E-state index is 0.345. The van der Waals surface area contributed by atoms with E-state index in [1.165, 1.54) is 0 Å². The molecule has 0 N–H and O–H groups in total. The number of ether oxygens (including phenoxy) is 1. The van der Waals surface area contributed by atoms with Gasteiger partial charge in [-0.1, -0.05) is 30.3 Å². The number of hydrogen-bond donors (Lipinski definition) is 0. The van der Waals surface area contributed by atoms with Gasteiger partial charge in [0.05, 0.1) is 0 Å². The van der Waals surface area contributed by atoms with Gasteiger partial charge in [0.2, 0.25) is 0 Å². The highest BCUT2D eigenvalue weighted by Gasteiger charge is 2.17. The van der Waals surface area contributed by atoms with Crippen molar-refractivity contribution in [3.63, 3.8) is 0 Å². The van der Waals surface area contributed by atoms with Crippen LogP contribution in [-0.2, 0) is 0 Å². The Bertz CT molecular complexity index is 786. The van der Waals surface area contributed by atoms with Gasteiger partial charge in [0.25, 0.3) is 0 Å². The molecule has 1 aromatic heterocycles. The number of aromatic nitrogens is 1. The Kier molecular flexibility index (Phi) is 2.64. The lowest BCUT2D eigenvalue weighted by Gasteiger charge is -2.03. The number of benzene rings is 2. The van der Waals surface area contributed by atoms with E-state index in [4.69, 9.17) is 9.15 Å². The lowest BCUT2D eigenvalue weighted by molar-refractivity contribution is 0.201. The second-order valence-electron chi connectivity index (χ2n) is 3.85. The maximum atomic E-state index is 12.0. The SMILES string of the molecule is O=C(Oc1ccccc1)n1c(=O)oc2ccccc21. The van der Waals surface area contributed by atoms with Crippen LogP contribution in [0, 0.1) is 0 Å². The molecule has 0 saturated heterocycles. The summed E-state index contributed by atoms with van der Waals surface area (Å²) in [7, 11) is 0. The van der Waals surface area contributed by atoms with Crippen LogP contribution in [0.4, 0.5) is 4.79 Å². The maximum absolute atomic E-state index is 12.0. The quantitative estimate of drug-likeness (QED) is 0.670. The molecule has 0 radical (unpaired) electrons. The summed E-state index contributed by atoms with van der Waals surface area (Å²) >= 11 is 0. The van der Waals surface area contributed by atoms with Crippen LogP contribution in [0.5, 0.6) is 5.75 Å². The van der Waals surface area contributed by atoms with E-state index < -0.39 is 11.8 Å². The maximum Gasteiger partial charge on any atom is 0.429 e. The fourth-order valence-electron chi connectivity index (χ4n) is 1.77. The van der Waals surface area contributed by atoms with Crippen LogP contribution < -0.4 is 10.5 Å². The minimum Gasteiger partial charge on any atom is -0.410 e. The van der Waals surface area contributed by atoms with Crippen LogP contribution in [0.15, 0.2) is 63.8 Å². The molecule has 0 atom stereocenters. The molecule has 0 amide bonds. The third kappa shape index (κ3) is 2.01. The number of nitrogens with zero attached hydrogens (tertiary/aromatic N) is 1. The van der Waals surface area contributed by atoms with Crippen molar-refractivity contribution in [2.75, 3.05) is 0 Å². The van der Waals surface area contributed by atoms with E-state index in [1.807, 2.05) is 0 Å². The molecule has 0 saturated carbocycles. The van der Waals surface area contributed by atoms with Gasteiger partial charge in [-0.15, -0.1) is 0 Å². The highest BCUT2D eigenvalue weighted by Crippen LogP contribution is 2.14. The normalized spacial score (nSPS) is 10.5. The van der Waals surface area contributed by atoms with Crippen LogP contribution in [-0.4, -0.2) is 10.7 Å². The molecule has 1 heterocycles. The van der Waals surface area contributed by atoms with Crippen molar-refractivity contribution in [2.45, 2.75) is 0 Å². The van der Waals surface area contributed by atoms with E-state index >= 15 is 0 Å². The van der Waals surface area contributed by atoms with Crippen LogP contribution in [0.1, 0.15) is 0 Å². The van der Waals surface area contributed by atoms with Gasteiger partial charge in [0, 0.05) is 0 Å². The molecule has 0 aliphatic rings. The summed E-state index contributed by atoms with van der Waals surface area (Å²) in [6, 6.07) is 15.2. The van der Waals surface area contributed by atoms with E-state index in [-0.39, 0.29) is 0 Å². The van der Waals surface area contributed by atoms with Crippen LogP contribution in [0.2, 0.25) is 0 Å². The standard InChI is InChI=1S/C14H9NO4/c16-13(18-10-6-2-1-3-7-10)15-11-8-4-5-9-12(11)19-14(15)17/h1-9H. The molecule has 3 aromatic rings. The Hall–Kier alpha value is -2.82. The summed E-state index contributed by atoms with van der Waals surface area (Å²) in [4.78, 5) is 23.7. The summed E-state index contributed by atoms with van der Waals surface area (Å²) in [6.07, 6.45) is -0.791. The van der Waals surface area contributed by atoms with Gasteiger partial charge in [-0.2, -0.15) is 4.57 Å². The first-order chi connectivity index (χ1) is 9.25. The molecule has 3 rings (SSSR count). The Morgan fingerprint density at radius 1 is 1.00 bits per heavy atom. The molecule has 2 aromatic carbocycles. The van der Waals surface area contributed by atoms with Gasteiger partial charge in [0.1, 0.15) is 11.3 Å². The zero-order valence-corrected chi connectivity index (χ0v) is 9.78. The second kappa shape index (κ2) is 4.45. The van der Waals surface area contributed by atoms with Crippen LogP contribution in [0.25, 0.3) is 11.1 Å². The van der Waals surface area contributed by atoms with E-state index in [1.54, 1.807) is 54.6 Å². The van der Waals surface area contributed by atoms with Crippen molar-refractivity contribution in [1.82, 2.24) is 4.57 Å². The molecule has 5 heteroatoms. The highest BCUT2D eigenvalue weighted by molar-refractivity contribution is 5.85. The van der Waals surface area contributed by atoms with Gasteiger partial charge in [-0.25, -0.2) is 9.59 Å². The van der Waals surface area contributed by atoms with E-state index in [0.717, 1.165) is 4.57 Å². The number of fused-ring (bicyclic) bond motifs is 1. The molecule has 0 unspecified atom stereocenters. The number of rotatable bonds is 1. The minimum atomic E-state index is -0.791. The molecular weight excluding hydrogens is 246 g/mol. The Labute approximate surface area is 107 Å². The number of hydrogen-bond acceptors (Lipinski definition) is 4. The van der Waals surface area contributed by atoms with Gasteiger partial charge in [0.15, 0.2) is 5.58 Å². The van der Waals surface area contributed by atoms with Crippen LogP contribution in [0.3, 0.4) is 0 Å². The largest absolute Gasteiger partial charge is 0.429 e. The van der Waals surface area contributed by atoms with Crippen molar-refractivity contribution < 1.29 is 13.9 Å². The van der Waals surface area contributed by atoms with E-state index in [9.17, 15) is 9.59 Å². The first-order valence-electron chi connectivity index (χ1n) is 5.63. The number of para-hydroxylation sites is 3. The fourth-order valence-corrected chi connectivity index (χ4v) is 1.77. The topological polar surface area (TPSA) is 61.4 Å². The predicted molar refractivity (Wildman–Crippen MR) is 68.3 cm³/mol. The highest BCUT2D eigenvalue weighted by atomic mass is 16.6. The summed E-state index contributed by atoms with van der Waals surface area (Å²) in [5.74, 6) is -0.396. The molecule has 5 nitrogen and oxygen atoms in total. The summed E-state index contributed by atoms with van der Waals surface area (Å²) < 4.78 is 10.9. The zero-order valence-electron chi connectivity index (χ0n) is 9.78. The molecule has 0 bridgehead atoms. The third-order valence-electron chi connectivity index (χ3n) is 2.62. The average Bonchev–Trinajstić information content (AvgIpc) is 2.75. The average molecular weight is 255 g/mol. The van der Waals surface area contributed by atoms with E-state index in [0.29, 0.717) is 16.8 Å². The monoisotopic (exact) mass is 255 g/mol. The van der Waals surface area contributed by atoms with Crippen molar-refractivity contribution in [3.05, 3.63) is 65.1 Å². The first kappa shape index (κ1) is 11.3. The zero-order chi connectivity index (χ0) is 13.2. The Morgan fingerprint density at radius 2 is 1.68 bits per heavy atom. The number of carbonyl (C=O) groups excluding carboxylic acids is 1. The van der Waals surface area contributed by atoms with Gasteiger partial charge < -0.3 is 9.15 Å². The molecule has 0 aliphatic carbocycles. The lowest BCUT2D eigenvalue weighted by atomic mass is 10.3. The molecule has 19 heavy (non-hydrogen) atoms. The van der Waals surface area contributed by atoms with Crippen molar-refractivity contribution >= 4 is 17.2 Å². The summed E-state index contributed by atoms with van der Waals surface area (Å²) in [6.45, 7) is 0. The van der Waals surface area contributed by atoms with Gasteiger partial charge >= 0.3 is 11.8 Å². The Morgan fingerprint density at radius 3 is 2.47 bits per heavy atom. The van der Waals surface area contributed by atoms with Crippen molar-refractivity contribution in [1.29, 1.82) is 0 Å². The number of carbonyl (C=O) groups is 1. The summed E-state index contributed by atoms with van der Waals surface area (Å²) in [5.41, 5.74) is 0.728. The van der Waals surface area contributed by atoms with Gasteiger partial charge in [-0.3, -0.25) is 0 Å².